The van der Waals surface area contributed by atoms with Crippen molar-refractivity contribution in [2.24, 2.45) is 5.92 Å². The van der Waals surface area contributed by atoms with E-state index in [1.165, 1.54) is 0 Å². The van der Waals surface area contributed by atoms with Gasteiger partial charge in [0.2, 0.25) is 5.91 Å². The topological polar surface area (TPSA) is 51.7 Å². The molecule has 1 aromatic rings. The van der Waals surface area contributed by atoms with E-state index in [9.17, 15) is 4.79 Å². The minimum absolute atomic E-state index is 0.00778. The highest BCUT2D eigenvalue weighted by Crippen LogP contribution is 2.29. The highest BCUT2D eigenvalue weighted by Gasteiger charge is 2.33. The lowest BCUT2D eigenvalue weighted by Crippen LogP contribution is -2.42. The molecule has 0 saturated carbocycles. The quantitative estimate of drug-likeness (QED) is 0.847. The molecule has 5 heteroatoms. The van der Waals surface area contributed by atoms with Crippen molar-refractivity contribution in [1.82, 2.24) is 4.98 Å². The van der Waals surface area contributed by atoms with Gasteiger partial charge in [-0.15, -0.1) is 0 Å². The lowest BCUT2D eigenvalue weighted by Gasteiger charge is -2.32. The molecule has 0 bridgehead atoms. The number of pyridine rings is 1. The third-order valence-electron chi connectivity index (χ3n) is 3.78. The average molecular weight is 278 g/mol. The van der Waals surface area contributed by atoms with Crippen LogP contribution in [0, 0.1) is 5.92 Å². The zero-order chi connectivity index (χ0) is 14.5. The number of amides is 1. The summed E-state index contributed by atoms with van der Waals surface area (Å²) < 4.78 is 11.0. The Morgan fingerprint density at radius 3 is 3.10 bits per heavy atom. The van der Waals surface area contributed by atoms with Crippen LogP contribution in [0.15, 0.2) is 18.3 Å². The normalized spacial score (nSPS) is 22.4. The number of carbonyl (C=O) groups is 1. The van der Waals surface area contributed by atoms with Crippen molar-refractivity contribution in [3.05, 3.63) is 18.3 Å². The highest BCUT2D eigenvalue weighted by molar-refractivity contribution is 5.95. The van der Waals surface area contributed by atoms with Crippen LogP contribution < -0.4 is 9.64 Å². The molecule has 5 nitrogen and oxygen atoms in total. The summed E-state index contributed by atoms with van der Waals surface area (Å²) in [6.45, 7) is 2.80. The van der Waals surface area contributed by atoms with E-state index < -0.39 is 0 Å². The van der Waals surface area contributed by atoms with Crippen molar-refractivity contribution in [3.63, 3.8) is 0 Å². The van der Waals surface area contributed by atoms with Gasteiger partial charge in [0.25, 0.3) is 0 Å². The largest absolute Gasteiger partial charge is 0.493 e. The van der Waals surface area contributed by atoms with E-state index in [-0.39, 0.29) is 17.9 Å². The fourth-order valence-corrected chi connectivity index (χ4v) is 2.67. The van der Waals surface area contributed by atoms with Crippen LogP contribution in [0.1, 0.15) is 26.2 Å². The van der Waals surface area contributed by atoms with Gasteiger partial charge in [0.1, 0.15) is 0 Å². The average Bonchev–Trinajstić information content (AvgIpc) is 2.53. The SMILES string of the molecule is CCC1OCCCC1C(=O)N(C)c1ncccc1OC. The summed E-state index contributed by atoms with van der Waals surface area (Å²) in [5.41, 5.74) is 0. The van der Waals surface area contributed by atoms with E-state index in [4.69, 9.17) is 9.47 Å². The van der Waals surface area contributed by atoms with Crippen LogP contribution in [-0.2, 0) is 9.53 Å². The molecule has 0 radical (unpaired) electrons. The number of anilines is 1. The first-order valence-electron chi connectivity index (χ1n) is 7.07. The lowest BCUT2D eigenvalue weighted by atomic mass is 9.91. The second kappa shape index (κ2) is 6.70. The first kappa shape index (κ1) is 14.8. The summed E-state index contributed by atoms with van der Waals surface area (Å²) in [7, 11) is 3.33. The third kappa shape index (κ3) is 2.93. The second-order valence-corrected chi connectivity index (χ2v) is 4.99. The number of nitrogens with zero attached hydrogens (tertiary/aromatic N) is 2. The molecule has 1 aliphatic rings. The summed E-state index contributed by atoms with van der Waals surface area (Å²) in [5.74, 6) is 1.12. The fraction of sp³-hybridized carbons (Fsp3) is 0.600. The van der Waals surface area contributed by atoms with Crippen LogP contribution in [0.5, 0.6) is 5.75 Å². The number of methoxy groups -OCH3 is 1. The number of hydrogen-bond donors (Lipinski definition) is 0. The van der Waals surface area contributed by atoms with Crippen LogP contribution in [0.3, 0.4) is 0 Å². The molecule has 1 saturated heterocycles. The van der Waals surface area contributed by atoms with Gasteiger partial charge in [0, 0.05) is 19.9 Å². The molecular formula is C15H22N2O3. The molecular weight excluding hydrogens is 256 g/mol. The number of carbonyl (C=O) groups excluding carboxylic acids is 1. The van der Waals surface area contributed by atoms with Crippen molar-refractivity contribution in [1.29, 1.82) is 0 Å². The fourth-order valence-electron chi connectivity index (χ4n) is 2.67. The maximum absolute atomic E-state index is 12.7. The van der Waals surface area contributed by atoms with Gasteiger partial charge in [-0.3, -0.25) is 9.69 Å². The minimum Gasteiger partial charge on any atom is -0.493 e. The Labute approximate surface area is 119 Å². The minimum atomic E-state index is -0.0922. The van der Waals surface area contributed by atoms with Crippen LogP contribution in [0.25, 0.3) is 0 Å². The predicted molar refractivity (Wildman–Crippen MR) is 77.0 cm³/mol. The van der Waals surface area contributed by atoms with Crippen molar-refractivity contribution in [2.45, 2.75) is 32.3 Å². The van der Waals surface area contributed by atoms with Crippen LogP contribution >= 0.6 is 0 Å². The maximum atomic E-state index is 12.7. The summed E-state index contributed by atoms with van der Waals surface area (Å²) >= 11 is 0. The van der Waals surface area contributed by atoms with Gasteiger partial charge in [-0.05, 0) is 31.4 Å². The van der Waals surface area contributed by atoms with E-state index in [1.807, 2.05) is 0 Å². The number of rotatable bonds is 4. The number of hydrogen-bond acceptors (Lipinski definition) is 4. The van der Waals surface area contributed by atoms with E-state index in [2.05, 4.69) is 11.9 Å². The summed E-state index contributed by atoms with van der Waals surface area (Å²) in [4.78, 5) is 18.5. The molecule has 20 heavy (non-hydrogen) atoms. The van der Waals surface area contributed by atoms with Gasteiger partial charge in [-0.2, -0.15) is 0 Å². The Morgan fingerprint density at radius 1 is 1.60 bits per heavy atom. The van der Waals surface area contributed by atoms with Gasteiger partial charge in [0.15, 0.2) is 11.6 Å². The third-order valence-corrected chi connectivity index (χ3v) is 3.78. The van der Waals surface area contributed by atoms with Gasteiger partial charge in [-0.25, -0.2) is 4.98 Å². The monoisotopic (exact) mass is 278 g/mol. The maximum Gasteiger partial charge on any atom is 0.233 e. The molecule has 0 aromatic carbocycles. The molecule has 1 amide bonds. The predicted octanol–water partition coefficient (Wildman–Crippen LogP) is 2.26. The molecule has 0 N–H and O–H groups in total. The number of ether oxygens (including phenoxy) is 2. The van der Waals surface area contributed by atoms with Crippen LogP contribution in [0.4, 0.5) is 5.82 Å². The van der Waals surface area contributed by atoms with E-state index in [1.54, 1.807) is 37.4 Å². The Hall–Kier alpha value is -1.62. The number of aromatic nitrogens is 1. The first-order valence-corrected chi connectivity index (χ1v) is 7.07. The van der Waals surface area contributed by atoms with Crippen LogP contribution in [0.2, 0.25) is 0 Å². The summed E-state index contributed by atoms with van der Waals surface area (Å²) in [6, 6.07) is 3.60. The van der Waals surface area contributed by atoms with Gasteiger partial charge < -0.3 is 9.47 Å². The molecule has 110 valence electrons. The van der Waals surface area contributed by atoms with E-state index in [0.29, 0.717) is 11.6 Å². The molecule has 2 heterocycles. The Kier molecular flexibility index (Phi) is 4.95. The molecule has 0 spiro atoms. The van der Waals surface area contributed by atoms with Crippen LogP contribution in [-0.4, -0.2) is 37.8 Å². The lowest BCUT2D eigenvalue weighted by molar-refractivity contribution is -0.131. The molecule has 2 rings (SSSR count). The van der Waals surface area contributed by atoms with Gasteiger partial charge >= 0.3 is 0 Å². The van der Waals surface area contributed by atoms with Crippen molar-refractivity contribution in [3.8, 4) is 5.75 Å². The smallest absolute Gasteiger partial charge is 0.233 e. The first-order chi connectivity index (χ1) is 9.69. The van der Waals surface area contributed by atoms with E-state index in [0.717, 1.165) is 25.9 Å². The summed E-state index contributed by atoms with van der Waals surface area (Å²) in [5, 5.41) is 0. The molecule has 1 aromatic heterocycles. The molecule has 1 fully saturated rings. The van der Waals surface area contributed by atoms with Gasteiger partial charge in [0.05, 0.1) is 19.1 Å². The zero-order valence-electron chi connectivity index (χ0n) is 12.3. The standard InChI is InChI=1S/C15H22N2O3/c1-4-12-11(7-6-10-20-12)15(18)17(2)14-13(19-3)8-5-9-16-14/h5,8-9,11-12H,4,6-7,10H2,1-3H3. The Morgan fingerprint density at radius 2 is 2.40 bits per heavy atom. The molecule has 2 unspecified atom stereocenters. The van der Waals surface area contributed by atoms with Crippen molar-refractivity contribution in [2.75, 3.05) is 25.7 Å². The van der Waals surface area contributed by atoms with Gasteiger partial charge in [-0.1, -0.05) is 6.92 Å². The Bertz CT molecular complexity index is 464. The second-order valence-electron chi connectivity index (χ2n) is 4.99. The summed E-state index contributed by atoms with van der Waals surface area (Å²) in [6.07, 6.45) is 4.32. The molecule has 0 aliphatic carbocycles. The highest BCUT2D eigenvalue weighted by atomic mass is 16.5. The molecule has 1 aliphatic heterocycles. The van der Waals surface area contributed by atoms with Crippen molar-refractivity contribution >= 4 is 11.7 Å². The Balaban J connectivity index is 2.19. The molecule has 2 atom stereocenters. The van der Waals surface area contributed by atoms with Crippen molar-refractivity contribution < 1.29 is 14.3 Å². The van der Waals surface area contributed by atoms with E-state index >= 15 is 0 Å². The zero-order valence-corrected chi connectivity index (χ0v) is 12.3.